The van der Waals surface area contributed by atoms with Gasteiger partial charge in [-0.3, -0.25) is 0 Å². The number of para-hydroxylation sites is 1. The Kier molecular flexibility index (Phi) is 10.4. The van der Waals surface area contributed by atoms with Crippen molar-refractivity contribution >= 4 is 17.1 Å². The molecular formula is C60H43N. The lowest BCUT2D eigenvalue weighted by Gasteiger charge is -2.29. The minimum absolute atomic E-state index is 1.08. The summed E-state index contributed by atoms with van der Waals surface area (Å²) in [5.74, 6) is 0. The van der Waals surface area contributed by atoms with E-state index in [1.54, 1.807) is 0 Å². The van der Waals surface area contributed by atoms with Gasteiger partial charge in [-0.25, -0.2) is 0 Å². The summed E-state index contributed by atoms with van der Waals surface area (Å²) in [6, 6.07) is 94.0. The van der Waals surface area contributed by atoms with Gasteiger partial charge in [0.1, 0.15) is 0 Å². The summed E-state index contributed by atoms with van der Waals surface area (Å²) in [5, 5.41) is 0. The smallest absolute Gasteiger partial charge is 0.0540 e. The molecule has 288 valence electrons. The van der Waals surface area contributed by atoms with Gasteiger partial charge in [0.05, 0.1) is 5.69 Å². The van der Waals surface area contributed by atoms with Crippen LogP contribution in [0.2, 0.25) is 0 Å². The molecular weight excluding hydrogens is 735 g/mol. The summed E-state index contributed by atoms with van der Waals surface area (Å²) in [6.07, 6.45) is 0. The van der Waals surface area contributed by atoms with Crippen LogP contribution in [-0.4, -0.2) is 0 Å². The van der Waals surface area contributed by atoms with E-state index in [9.17, 15) is 0 Å². The van der Waals surface area contributed by atoms with Crippen molar-refractivity contribution in [1.29, 1.82) is 0 Å². The second kappa shape index (κ2) is 17.1. The number of anilines is 3. The van der Waals surface area contributed by atoms with E-state index in [1.807, 2.05) is 0 Å². The van der Waals surface area contributed by atoms with Gasteiger partial charge in [-0.15, -0.1) is 0 Å². The van der Waals surface area contributed by atoms with Gasteiger partial charge >= 0.3 is 0 Å². The maximum atomic E-state index is 2.41. The van der Waals surface area contributed by atoms with Crippen molar-refractivity contribution in [3.8, 4) is 77.9 Å². The zero-order chi connectivity index (χ0) is 40.8. The number of hydrogen-bond acceptors (Lipinski definition) is 1. The Morgan fingerprint density at radius 2 is 0.557 bits per heavy atom. The lowest BCUT2D eigenvalue weighted by molar-refractivity contribution is 1.28. The Morgan fingerprint density at radius 1 is 0.197 bits per heavy atom. The zero-order valence-electron chi connectivity index (χ0n) is 33.8. The summed E-state index contributed by atoms with van der Waals surface area (Å²) < 4.78 is 0. The van der Waals surface area contributed by atoms with E-state index < -0.39 is 0 Å². The lowest BCUT2D eigenvalue weighted by atomic mass is 9.84. The highest BCUT2D eigenvalue weighted by atomic mass is 15.1. The van der Waals surface area contributed by atoms with E-state index in [4.69, 9.17) is 0 Å². The molecule has 0 atom stereocenters. The van der Waals surface area contributed by atoms with E-state index in [1.165, 1.54) is 66.8 Å². The van der Waals surface area contributed by atoms with Crippen LogP contribution in [0.4, 0.5) is 17.1 Å². The van der Waals surface area contributed by atoms with Crippen molar-refractivity contribution in [3.05, 3.63) is 261 Å². The predicted molar refractivity (Wildman–Crippen MR) is 259 cm³/mol. The molecule has 0 saturated carbocycles. The molecule has 61 heavy (non-hydrogen) atoms. The van der Waals surface area contributed by atoms with E-state index in [0.29, 0.717) is 0 Å². The molecule has 10 rings (SSSR count). The van der Waals surface area contributed by atoms with E-state index >= 15 is 0 Å². The molecule has 0 saturated heterocycles. The van der Waals surface area contributed by atoms with Gasteiger partial charge in [0, 0.05) is 16.9 Å². The number of hydrogen-bond donors (Lipinski definition) is 0. The van der Waals surface area contributed by atoms with Crippen molar-refractivity contribution in [2.24, 2.45) is 0 Å². The summed E-state index contributed by atoms with van der Waals surface area (Å²) >= 11 is 0. The monoisotopic (exact) mass is 777 g/mol. The standard InChI is InChI=1S/C60H43N/c1-5-19-44(20-6-1)45-35-37-46(38-36-45)47-39-41-52(42-40-47)61(59-34-16-15-30-55(59)49-23-9-3-10-24-49)53-28-17-27-51(43-53)57-33-18-32-56(50-25-11-4-12-26-50)60(57)58-31-14-13-29-54(58)48-21-7-2-8-22-48/h1-43H. The molecule has 0 amide bonds. The molecule has 0 aliphatic carbocycles. The molecule has 0 aliphatic rings. The van der Waals surface area contributed by atoms with Crippen molar-refractivity contribution in [1.82, 2.24) is 0 Å². The molecule has 0 aromatic heterocycles. The Morgan fingerprint density at radius 3 is 1.13 bits per heavy atom. The van der Waals surface area contributed by atoms with E-state index in [2.05, 4.69) is 266 Å². The van der Waals surface area contributed by atoms with Crippen LogP contribution < -0.4 is 4.90 Å². The summed E-state index contributed by atoms with van der Waals surface area (Å²) in [4.78, 5) is 2.41. The zero-order valence-corrected chi connectivity index (χ0v) is 33.8. The van der Waals surface area contributed by atoms with Crippen LogP contribution in [0.3, 0.4) is 0 Å². The summed E-state index contributed by atoms with van der Waals surface area (Å²) in [5.41, 5.74) is 19.9. The maximum Gasteiger partial charge on any atom is 0.0540 e. The quantitative estimate of drug-likeness (QED) is 0.134. The van der Waals surface area contributed by atoms with Crippen molar-refractivity contribution in [3.63, 3.8) is 0 Å². The van der Waals surface area contributed by atoms with Gasteiger partial charge in [0.15, 0.2) is 0 Å². The molecule has 0 unspecified atom stereocenters. The fourth-order valence-corrected chi connectivity index (χ4v) is 8.57. The molecule has 10 aromatic carbocycles. The fraction of sp³-hybridized carbons (Fsp3) is 0. The highest BCUT2D eigenvalue weighted by Gasteiger charge is 2.21. The predicted octanol–water partition coefficient (Wildman–Crippen LogP) is 16.8. The normalized spacial score (nSPS) is 11.0. The van der Waals surface area contributed by atoms with Crippen LogP contribution in [0.1, 0.15) is 0 Å². The Labute approximate surface area is 359 Å². The topological polar surface area (TPSA) is 3.24 Å². The van der Waals surface area contributed by atoms with Crippen molar-refractivity contribution in [2.75, 3.05) is 4.90 Å². The SMILES string of the molecule is c1ccc(-c2ccc(-c3ccc(N(c4cccc(-c5cccc(-c6ccccc6)c5-c5ccccc5-c5ccccc5)c4)c4ccccc4-c4ccccc4)cc3)cc2)cc1. The average Bonchev–Trinajstić information content (AvgIpc) is 3.35. The Hall–Kier alpha value is -8.00. The minimum atomic E-state index is 1.08. The van der Waals surface area contributed by atoms with Gasteiger partial charge in [0.25, 0.3) is 0 Å². The second-order valence-electron chi connectivity index (χ2n) is 15.3. The first-order valence-electron chi connectivity index (χ1n) is 20.9. The molecule has 0 spiro atoms. The first-order chi connectivity index (χ1) is 30.3. The first kappa shape index (κ1) is 37.3. The Balaban J connectivity index is 1.13. The van der Waals surface area contributed by atoms with E-state index in [0.717, 1.165) is 28.2 Å². The number of nitrogens with zero attached hydrogens (tertiary/aromatic N) is 1. The Bertz CT molecular complexity index is 3030. The molecule has 0 fully saturated rings. The lowest BCUT2D eigenvalue weighted by Crippen LogP contribution is -2.11. The molecule has 0 N–H and O–H groups in total. The molecule has 1 heteroatoms. The van der Waals surface area contributed by atoms with Crippen LogP contribution in [0.5, 0.6) is 0 Å². The molecule has 10 aromatic rings. The third-order valence-corrected chi connectivity index (χ3v) is 11.5. The highest BCUT2D eigenvalue weighted by molar-refractivity contribution is 6.00. The minimum Gasteiger partial charge on any atom is -0.310 e. The van der Waals surface area contributed by atoms with Crippen LogP contribution in [-0.2, 0) is 0 Å². The third-order valence-electron chi connectivity index (χ3n) is 11.5. The van der Waals surface area contributed by atoms with Crippen LogP contribution in [0.15, 0.2) is 261 Å². The number of rotatable bonds is 10. The van der Waals surface area contributed by atoms with Crippen LogP contribution in [0.25, 0.3) is 77.9 Å². The van der Waals surface area contributed by atoms with E-state index in [-0.39, 0.29) is 0 Å². The van der Waals surface area contributed by atoms with Gasteiger partial charge in [-0.2, -0.15) is 0 Å². The fourth-order valence-electron chi connectivity index (χ4n) is 8.57. The molecule has 0 aliphatic heterocycles. The summed E-state index contributed by atoms with van der Waals surface area (Å²) in [6.45, 7) is 0. The molecule has 0 bridgehead atoms. The van der Waals surface area contributed by atoms with Gasteiger partial charge in [-0.1, -0.05) is 231 Å². The highest BCUT2D eigenvalue weighted by Crippen LogP contribution is 2.46. The van der Waals surface area contributed by atoms with Crippen LogP contribution >= 0.6 is 0 Å². The molecule has 0 heterocycles. The maximum absolute atomic E-state index is 2.41. The van der Waals surface area contributed by atoms with Gasteiger partial charge < -0.3 is 4.90 Å². The first-order valence-corrected chi connectivity index (χ1v) is 20.9. The average molecular weight is 778 g/mol. The van der Waals surface area contributed by atoms with Gasteiger partial charge in [0.2, 0.25) is 0 Å². The molecule has 1 nitrogen and oxygen atoms in total. The molecule has 0 radical (unpaired) electrons. The van der Waals surface area contributed by atoms with Crippen LogP contribution in [0, 0.1) is 0 Å². The van der Waals surface area contributed by atoms with Crippen molar-refractivity contribution < 1.29 is 0 Å². The largest absolute Gasteiger partial charge is 0.310 e. The van der Waals surface area contributed by atoms with Gasteiger partial charge in [-0.05, 0) is 103 Å². The third kappa shape index (κ3) is 7.69. The summed E-state index contributed by atoms with van der Waals surface area (Å²) in [7, 11) is 0. The second-order valence-corrected chi connectivity index (χ2v) is 15.3. The van der Waals surface area contributed by atoms with Crippen molar-refractivity contribution in [2.45, 2.75) is 0 Å². The number of benzene rings is 10.